The Hall–Kier alpha value is 0.246. The number of fused-ring (bicyclic) bond motifs is 1. The molecule has 0 amide bonds. The Labute approximate surface area is 309 Å². The Kier molecular flexibility index (Phi) is 25.3. The van der Waals surface area contributed by atoms with Crippen molar-refractivity contribution in [2.75, 3.05) is 0 Å². The summed E-state index contributed by atoms with van der Waals surface area (Å²) in [5.41, 5.74) is 2.35. The second-order valence-electron chi connectivity index (χ2n) is 12.8. The quantitative estimate of drug-likeness (QED) is 0.0557. The minimum Gasteiger partial charge on any atom is -0.744 e. The molecule has 3 nitrogen and oxygen atoms in total. The third-order valence-corrected chi connectivity index (χ3v) is 9.82. The Morgan fingerprint density at radius 3 is 1.28 bits per heavy atom. The van der Waals surface area contributed by atoms with Gasteiger partial charge in [0.15, 0.2) is 0 Å². The van der Waals surface area contributed by atoms with Gasteiger partial charge in [-0.15, -0.1) is 0 Å². The minimum atomic E-state index is -4.48. The van der Waals surface area contributed by atoms with E-state index in [9.17, 15) is 13.0 Å². The molecule has 0 heterocycles. The van der Waals surface area contributed by atoms with Crippen molar-refractivity contribution >= 4 is 20.9 Å². The second-order valence-corrected chi connectivity index (χ2v) is 14.2. The zero-order valence-corrected chi connectivity index (χ0v) is 32.3. The van der Waals surface area contributed by atoms with Crippen molar-refractivity contribution in [2.24, 2.45) is 0 Å². The Morgan fingerprint density at radius 2 is 0.884 bits per heavy atom. The van der Waals surface area contributed by atoms with E-state index in [1.807, 2.05) is 12.1 Å². The summed E-state index contributed by atoms with van der Waals surface area (Å²) in [6.45, 7) is 4.54. The van der Waals surface area contributed by atoms with Crippen LogP contribution in [-0.4, -0.2) is 13.0 Å². The van der Waals surface area contributed by atoms with Crippen LogP contribution in [0.5, 0.6) is 0 Å². The van der Waals surface area contributed by atoms with Gasteiger partial charge in [-0.25, -0.2) is 8.42 Å². The van der Waals surface area contributed by atoms with Crippen molar-refractivity contribution in [3.8, 4) is 0 Å². The summed E-state index contributed by atoms with van der Waals surface area (Å²) in [6, 6.07) is 9.47. The van der Waals surface area contributed by atoms with Crippen LogP contribution in [0.2, 0.25) is 0 Å². The fourth-order valence-electron chi connectivity index (χ4n) is 6.43. The first kappa shape index (κ1) is 41.3. The molecule has 0 aliphatic carbocycles. The van der Waals surface area contributed by atoms with E-state index in [0.717, 1.165) is 43.1 Å². The van der Waals surface area contributed by atoms with E-state index >= 15 is 0 Å². The van der Waals surface area contributed by atoms with Crippen molar-refractivity contribution in [3.05, 3.63) is 41.5 Å². The average Bonchev–Trinajstić information content (AvgIpc) is 2.97. The standard InChI is InChI=1S/C38H64O3S.K/c1-3-5-7-9-11-13-15-17-19-21-23-25-28-34-30-27-31-36-33-37(42(39,40)41)32-35(38(34)36)29-26-24-22-20-18-16-14-12-10-8-6-4-2;/h27,30-33H,3-26,28-29H2,1-2H3,(H,39,40,41);/q;+1/p-1. The summed E-state index contributed by atoms with van der Waals surface area (Å²) in [6.07, 6.45) is 33.6. The van der Waals surface area contributed by atoms with Crippen LogP contribution in [0.1, 0.15) is 179 Å². The van der Waals surface area contributed by atoms with Gasteiger partial charge < -0.3 is 4.55 Å². The predicted molar refractivity (Wildman–Crippen MR) is 181 cm³/mol. The van der Waals surface area contributed by atoms with Crippen LogP contribution in [0, 0.1) is 0 Å². The van der Waals surface area contributed by atoms with Gasteiger partial charge in [0, 0.05) is 0 Å². The summed E-state index contributed by atoms with van der Waals surface area (Å²) in [7, 11) is -4.48. The number of hydrogen-bond acceptors (Lipinski definition) is 3. The Balaban J connectivity index is 0.00000924. The van der Waals surface area contributed by atoms with Crippen molar-refractivity contribution in [1.82, 2.24) is 0 Å². The molecule has 240 valence electrons. The number of aryl methyl sites for hydroxylation is 2. The summed E-state index contributed by atoms with van der Waals surface area (Å²) >= 11 is 0. The molecule has 0 saturated heterocycles. The zero-order valence-electron chi connectivity index (χ0n) is 28.4. The van der Waals surface area contributed by atoms with E-state index < -0.39 is 10.1 Å². The molecule has 0 unspecified atom stereocenters. The van der Waals surface area contributed by atoms with Crippen LogP contribution in [0.4, 0.5) is 0 Å². The first-order valence-corrected chi connectivity index (χ1v) is 19.4. The zero-order chi connectivity index (χ0) is 30.3. The molecule has 2 rings (SSSR count). The van der Waals surface area contributed by atoms with Gasteiger partial charge in [0.1, 0.15) is 10.1 Å². The van der Waals surface area contributed by atoms with Gasteiger partial charge >= 0.3 is 51.4 Å². The van der Waals surface area contributed by atoms with Crippen molar-refractivity contribution in [3.63, 3.8) is 0 Å². The van der Waals surface area contributed by atoms with Crippen LogP contribution < -0.4 is 51.4 Å². The van der Waals surface area contributed by atoms with Gasteiger partial charge in [0.25, 0.3) is 0 Å². The summed E-state index contributed by atoms with van der Waals surface area (Å²) in [5, 5.41) is 2.09. The fourth-order valence-corrected chi connectivity index (χ4v) is 6.99. The molecule has 0 atom stereocenters. The molecule has 0 aliphatic rings. The van der Waals surface area contributed by atoms with Crippen LogP contribution in [0.25, 0.3) is 10.8 Å². The maximum Gasteiger partial charge on any atom is 1.00 e. The molecule has 0 fully saturated rings. The van der Waals surface area contributed by atoms with Gasteiger partial charge in [0.2, 0.25) is 0 Å². The average molecular weight is 639 g/mol. The Bertz CT molecular complexity index is 1070. The minimum absolute atomic E-state index is 0. The van der Waals surface area contributed by atoms with Crippen LogP contribution >= 0.6 is 0 Å². The monoisotopic (exact) mass is 638 g/mol. The fraction of sp³-hybridized carbons (Fsp3) is 0.737. The molecule has 0 aliphatic heterocycles. The number of hydrogen-bond donors (Lipinski definition) is 0. The smallest absolute Gasteiger partial charge is 0.744 e. The molecule has 2 aromatic rings. The summed E-state index contributed by atoms with van der Waals surface area (Å²) in [5.74, 6) is 0. The molecule has 0 aromatic heterocycles. The van der Waals surface area contributed by atoms with Gasteiger partial charge in [-0.3, -0.25) is 0 Å². The molecule has 0 saturated carbocycles. The van der Waals surface area contributed by atoms with E-state index in [4.69, 9.17) is 0 Å². The van der Waals surface area contributed by atoms with E-state index in [2.05, 4.69) is 19.9 Å². The number of benzene rings is 2. The topological polar surface area (TPSA) is 57.2 Å². The molecule has 5 heteroatoms. The molecule has 0 bridgehead atoms. The Morgan fingerprint density at radius 1 is 0.512 bits per heavy atom. The molecule has 0 spiro atoms. The van der Waals surface area contributed by atoms with E-state index in [0.29, 0.717) is 0 Å². The van der Waals surface area contributed by atoms with Crippen molar-refractivity contribution in [2.45, 2.75) is 186 Å². The molecule has 2 aromatic carbocycles. The molecular formula is C38H63KO3S. The van der Waals surface area contributed by atoms with Crippen molar-refractivity contribution in [1.29, 1.82) is 0 Å². The third-order valence-electron chi connectivity index (χ3n) is 9.01. The van der Waals surface area contributed by atoms with Gasteiger partial charge in [-0.05, 0) is 59.7 Å². The van der Waals surface area contributed by atoms with Gasteiger partial charge in [-0.1, -0.05) is 173 Å². The van der Waals surface area contributed by atoms with Crippen LogP contribution in [0.3, 0.4) is 0 Å². The first-order chi connectivity index (χ1) is 20.5. The van der Waals surface area contributed by atoms with E-state index in [1.54, 1.807) is 12.1 Å². The number of unbranched alkanes of at least 4 members (excludes halogenated alkanes) is 22. The van der Waals surface area contributed by atoms with E-state index in [-0.39, 0.29) is 56.3 Å². The SMILES string of the molecule is CCCCCCCCCCCCCCc1cccc2cc(S(=O)(=O)[O-])cc(CCCCCCCCCCCCCC)c12.[K+]. The maximum absolute atomic E-state index is 11.9. The largest absolute Gasteiger partial charge is 1.00 e. The normalized spacial score (nSPS) is 11.7. The molecular weight excluding hydrogens is 576 g/mol. The predicted octanol–water partition coefficient (Wildman–Crippen LogP) is 9.24. The van der Waals surface area contributed by atoms with Gasteiger partial charge in [-0.2, -0.15) is 0 Å². The van der Waals surface area contributed by atoms with Gasteiger partial charge in [0.05, 0.1) is 4.90 Å². The van der Waals surface area contributed by atoms with Crippen LogP contribution in [0.15, 0.2) is 35.2 Å². The van der Waals surface area contributed by atoms with Crippen molar-refractivity contribution < 1.29 is 64.4 Å². The molecule has 0 N–H and O–H groups in total. The third kappa shape index (κ3) is 18.9. The maximum atomic E-state index is 11.9. The number of rotatable bonds is 27. The second kappa shape index (κ2) is 26.3. The van der Waals surface area contributed by atoms with E-state index in [1.165, 1.54) is 146 Å². The summed E-state index contributed by atoms with van der Waals surface area (Å²) < 4.78 is 35.8. The molecule has 0 radical (unpaired) electrons. The van der Waals surface area contributed by atoms with Crippen LogP contribution in [-0.2, 0) is 23.0 Å². The summed E-state index contributed by atoms with van der Waals surface area (Å²) in [4.78, 5) is -0.0774. The molecule has 43 heavy (non-hydrogen) atoms. The first-order valence-electron chi connectivity index (χ1n) is 18.0.